The summed E-state index contributed by atoms with van der Waals surface area (Å²) in [6, 6.07) is 0. The van der Waals surface area contributed by atoms with Crippen LogP contribution in [0.4, 0.5) is 0 Å². The van der Waals surface area contributed by atoms with Crippen LogP contribution in [-0.4, -0.2) is 19.1 Å². The van der Waals surface area contributed by atoms with E-state index in [1.54, 1.807) is 0 Å². The molecule has 0 rings (SSSR count). The van der Waals surface area contributed by atoms with Crippen LogP contribution in [0.5, 0.6) is 0 Å². The minimum Gasteiger partial charge on any atom is -0.368 e. The summed E-state index contributed by atoms with van der Waals surface area (Å²) in [5.74, 6) is -0.128. The first-order valence-corrected chi connectivity index (χ1v) is 3.15. The molecule has 0 fully saturated rings. The minimum absolute atomic E-state index is 0.174. The Morgan fingerprint density at radius 2 is 2.10 bits per heavy atom. The molecule has 0 aromatic carbocycles. The fraction of sp³-hybridized carbons (Fsp3) is 0.833. The number of primary amides is 1. The fourth-order valence-corrected chi connectivity index (χ4v) is 0.284. The molecule has 0 atom stereocenters. The maximum atomic E-state index is 10.1. The van der Waals surface area contributed by atoms with E-state index in [2.05, 4.69) is 9.78 Å². The van der Waals surface area contributed by atoms with Gasteiger partial charge in [0.05, 0.1) is 6.61 Å². The molecule has 0 heterocycles. The second-order valence-corrected chi connectivity index (χ2v) is 2.41. The Morgan fingerprint density at radius 3 is 2.50 bits per heavy atom. The van der Waals surface area contributed by atoms with Crippen LogP contribution >= 0.6 is 0 Å². The van der Waals surface area contributed by atoms with E-state index in [9.17, 15) is 4.79 Å². The summed E-state index contributed by atoms with van der Waals surface area (Å²) in [7, 11) is 0. The lowest BCUT2D eigenvalue weighted by atomic mass is 10.2. The van der Waals surface area contributed by atoms with Crippen LogP contribution in [0.2, 0.25) is 0 Å². The van der Waals surface area contributed by atoms with Crippen LogP contribution in [-0.2, 0) is 14.6 Å². The number of carbonyl (C=O) groups is 1. The molecule has 10 heavy (non-hydrogen) atoms. The van der Waals surface area contributed by atoms with Gasteiger partial charge in [-0.1, -0.05) is 13.8 Å². The molecule has 0 spiro atoms. The summed E-state index contributed by atoms with van der Waals surface area (Å²) >= 11 is 0. The Bertz CT molecular complexity index is 103. The van der Waals surface area contributed by atoms with E-state index in [1.165, 1.54) is 0 Å². The number of nitrogens with two attached hydrogens (primary N) is 1. The van der Waals surface area contributed by atoms with Crippen molar-refractivity contribution in [3.05, 3.63) is 0 Å². The molecule has 2 N–H and O–H groups in total. The average molecular weight is 147 g/mol. The van der Waals surface area contributed by atoms with Crippen molar-refractivity contribution < 1.29 is 14.6 Å². The van der Waals surface area contributed by atoms with Gasteiger partial charge in [-0.2, -0.15) is 0 Å². The van der Waals surface area contributed by atoms with Crippen molar-refractivity contribution in [3.8, 4) is 0 Å². The van der Waals surface area contributed by atoms with Gasteiger partial charge >= 0.3 is 0 Å². The van der Waals surface area contributed by atoms with E-state index < -0.39 is 5.91 Å². The number of hydrogen-bond acceptors (Lipinski definition) is 3. The third kappa shape index (κ3) is 7.39. The predicted octanol–water partition coefficient (Wildman–Crippen LogP) is 0.0759. The second-order valence-electron chi connectivity index (χ2n) is 2.41. The molecule has 0 aliphatic rings. The molecule has 4 heteroatoms. The maximum Gasteiger partial charge on any atom is 0.246 e. The molecule has 1 amide bonds. The van der Waals surface area contributed by atoms with Gasteiger partial charge in [0.1, 0.15) is 0 Å². The molecule has 0 aliphatic carbocycles. The van der Waals surface area contributed by atoms with Gasteiger partial charge in [-0.25, -0.2) is 9.78 Å². The number of rotatable bonds is 5. The van der Waals surface area contributed by atoms with Gasteiger partial charge in [-0.05, 0) is 5.92 Å². The van der Waals surface area contributed by atoms with Crippen LogP contribution in [0.1, 0.15) is 13.8 Å². The van der Waals surface area contributed by atoms with Crippen molar-refractivity contribution in [1.29, 1.82) is 0 Å². The molecule has 0 saturated heterocycles. The Morgan fingerprint density at radius 1 is 1.50 bits per heavy atom. The summed E-state index contributed by atoms with van der Waals surface area (Å²) in [6.45, 7) is 4.27. The van der Waals surface area contributed by atoms with Crippen molar-refractivity contribution in [3.63, 3.8) is 0 Å². The molecule has 4 nitrogen and oxygen atoms in total. The van der Waals surface area contributed by atoms with Crippen molar-refractivity contribution in [2.75, 3.05) is 13.2 Å². The normalized spacial score (nSPS) is 10.3. The monoisotopic (exact) mass is 147 g/mol. The third-order valence-electron chi connectivity index (χ3n) is 0.686. The van der Waals surface area contributed by atoms with Crippen molar-refractivity contribution >= 4 is 5.91 Å². The molecule has 0 saturated carbocycles. The van der Waals surface area contributed by atoms with Gasteiger partial charge in [0.2, 0.25) is 5.91 Å². The van der Waals surface area contributed by atoms with E-state index in [4.69, 9.17) is 5.73 Å². The van der Waals surface area contributed by atoms with Gasteiger partial charge < -0.3 is 5.73 Å². The van der Waals surface area contributed by atoms with Gasteiger partial charge in [0.25, 0.3) is 0 Å². The highest BCUT2D eigenvalue weighted by Gasteiger charge is 1.96. The van der Waals surface area contributed by atoms with Crippen molar-refractivity contribution in [1.82, 2.24) is 0 Å². The highest BCUT2D eigenvalue weighted by Crippen LogP contribution is 1.91. The van der Waals surface area contributed by atoms with Gasteiger partial charge in [-0.15, -0.1) is 0 Å². The van der Waals surface area contributed by atoms with Crippen LogP contribution in [0.25, 0.3) is 0 Å². The summed E-state index contributed by atoms with van der Waals surface area (Å²) in [5.41, 5.74) is 4.77. The zero-order valence-corrected chi connectivity index (χ0v) is 6.29. The molecule has 0 aromatic rings. The van der Waals surface area contributed by atoms with Crippen LogP contribution in [0.15, 0.2) is 0 Å². The fourth-order valence-electron chi connectivity index (χ4n) is 0.284. The maximum absolute atomic E-state index is 10.1. The summed E-state index contributed by atoms with van der Waals surface area (Å²) in [6.07, 6.45) is 0. The summed E-state index contributed by atoms with van der Waals surface area (Å²) < 4.78 is 0. The molecule has 0 aromatic heterocycles. The molecule has 0 bridgehead atoms. The molecular weight excluding hydrogens is 134 g/mol. The standard InChI is InChI=1S/C6H13NO3/c1-5(2)3-9-10-4-6(7)8/h5H,3-4H2,1-2H3,(H2,7,8). The van der Waals surface area contributed by atoms with Crippen molar-refractivity contribution in [2.24, 2.45) is 11.7 Å². The average Bonchev–Trinajstić information content (AvgIpc) is 1.79. The highest BCUT2D eigenvalue weighted by atomic mass is 17.2. The van der Waals surface area contributed by atoms with E-state index in [0.717, 1.165) is 0 Å². The van der Waals surface area contributed by atoms with Crippen LogP contribution in [0, 0.1) is 5.92 Å². The second kappa shape index (κ2) is 5.20. The summed E-state index contributed by atoms with van der Waals surface area (Å²) in [5, 5.41) is 0. The zero-order chi connectivity index (χ0) is 7.98. The molecule has 0 radical (unpaired) electrons. The Labute approximate surface area is 60.2 Å². The van der Waals surface area contributed by atoms with E-state index >= 15 is 0 Å². The Kier molecular flexibility index (Phi) is 4.88. The predicted molar refractivity (Wildman–Crippen MR) is 35.9 cm³/mol. The van der Waals surface area contributed by atoms with Gasteiger partial charge in [0.15, 0.2) is 6.61 Å². The molecule has 0 aliphatic heterocycles. The van der Waals surface area contributed by atoms with E-state index in [0.29, 0.717) is 12.5 Å². The number of carbonyl (C=O) groups excluding carboxylic acids is 1. The lowest BCUT2D eigenvalue weighted by molar-refractivity contribution is -0.293. The SMILES string of the molecule is CC(C)COOCC(N)=O. The Hall–Kier alpha value is -0.610. The smallest absolute Gasteiger partial charge is 0.246 e. The topological polar surface area (TPSA) is 61.6 Å². The number of hydrogen-bond donors (Lipinski definition) is 1. The quantitative estimate of drug-likeness (QED) is 0.340. The van der Waals surface area contributed by atoms with E-state index in [1.807, 2.05) is 13.8 Å². The minimum atomic E-state index is -0.524. The highest BCUT2D eigenvalue weighted by molar-refractivity contribution is 5.74. The first-order chi connectivity index (χ1) is 4.63. The third-order valence-corrected chi connectivity index (χ3v) is 0.686. The lowest BCUT2D eigenvalue weighted by Crippen LogP contribution is -2.19. The number of amides is 1. The molecule has 0 unspecified atom stereocenters. The molecular formula is C6H13NO3. The first kappa shape index (κ1) is 9.39. The summed E-state index contributed by atoms with van der Waals surface area (Å²) in [4.78, 5) is 19.1. The van der Waals surface area contributed by atoms with Gasteiger partial charge in [0, 0.05) is 0 Å². The largest absolute Gasteiger partial charge is 0.368 e. The molecule has 60 valence electrons. The zero-order valence-electron chi connectivity index (χ0n) is 6.29. The van der Waals surface area contributed by atoms with E-state index in [-0.39, 0.29) is 6.61 Å². The van der Waals surface area contributed by atoms with Crippen LogP contribution < -0.4 is 5.73 Å². The van der Waals surface area contributed by atoms with Crippen molar-refractivity contribution in [2.45, 2.75) is 13.8 Å². The van der Waals surface area contributed by atoms with Gasteiger partial charge in [-0.3, -0.25) is 4.79 Å². The lowest BCUT2D eigenvalue weighted by Gasteiger charge is -2.03. The Balaban J connectivity index is 2.98. The first-order valence-electron chi connectivity index (χ1n) is 3.15. The van der Waals surface area contributed by atoms with Crippen LogP contribution in [0.3, 0.4) is 0 Å².